The number of H-pyrrole nitrogens is 1. The van der Waals surface area contributed by atoms with Gasteiger partial charge in [-0.1, -0.05) is 13.8 Å². The van der Waals surface area contributed by atoms with Crippen molar-refractivity contribution in [3.05, 3.63) is 11.8 Å². The smallest absolute Gasteiger partial charge is 0.232 e. The lowest BCUT2D eigenvalue weighted by Gasteiger charge is -2.07. The molecule has 1 heterocycles. The standard InChI is InChI=1S/C11H21N3O/c1-9(2)12-6-4-5-7-15-11-8-10(3)13-14-11/h8-9,12H,4-7H2,1-3H3,(H,13,14). The number of hydrogen-bond donors (Lipinski definition) is 2. The van der Waals surface area contributed by atoms with Crippen molar-refractivity contribution in [2.75, 3.05) is 13.2 Å². The molecule has 0 amide bonds. The van der Waals surface area contributed by atoms with Crippen molar-refractivity contribution in [1.82, 2.24) is 15.5 Å². The Kier molecular flexibility index (Phi) is 5.18. The number of aromatic nitrogens is 2. The van der Waals surface area contributed by atoms with Crippen molar-refractivity contribution in [3.63, 3.8) is 0 Å². The van der Waals surface area contributed by atoms with Crippen molar-refractivity contribution in [3.8, 4) is 5.88 Å². The maximum Gasteiger partial charge on any atom is 0.232 e. The fraction of sp³-hybridized carbons (Fsp3) is 0.727. The summed E-state index contributed by atoms with van der Waals surface area (Å²) in [5.74, 6) is 0.698. The fourth-order valence-electron chi connectivity index (χ4n) is 1.26. The van der Waals surface area contributed by atoms with Gasteiger partial charge in [0.2, 0.25) is 5.88 Å². The van der Waals surface area contributed by atoms with Gasteiger partial charge in [-0.25, -0.2) is 0 Å². The number of rotatable bonds is 7. The molecule has 0 bridgehead atoms. The molecule has 86 valence electrons. The van der Waals surface area contributed by atoms with E-state index in [-0.39, 0.29) is 0 Å². The summed E-state index contributed by atoms with van der Waals surface area (Å²) in [7, 11) is 0. The van der Waals surface area contributed by atoms with Gasteiger partial charge in [0.1, 0.15) is 0 Å². The van der Waals surface area contributed by atoms with Crippen LogP contribution < -0.4 is 10.1 Å². The summed E-state index contributed by atoms with van der Waals surface area (Å²) in [6, 6.07) is 2.48. The normalized spacial score (nSPS) is 10.9. The number of nitrogens with zero attached hydrogens (tertiary/aromatic N) is 1. The average Bonchev–Trinajstić information content (AvgIpc) is 2.57. The van der Waals surface area contributed by atoms with Gasteiger partial charge in [0.25, 0.3) is 0 Å². The van der Waals surface area contributed by atoms with Gasteiger partial charge in [-0.2, -0.15) is 0 Å². The minimum atomic E-state index is 0.569. The molecule has 0 aliphatic rings. The predicted molar refractivity (Wildman–Crippen MR) is 61.2 cm³/mol. The molecule has 1 rings (SSSR count). The second kappa shape index (κ2) is 6.45. The lowest BCUT2D eigenvalue weighted by atomic mass is 10.3. The highest BCUT2D eigenvalue weighted by Gasteiger charge is 1.97. The van der Waals surface area contributed by atoms with Crippen LogP contribution in [0.2, 0.25) is 0 Å². The Bertz CT molecular complexity index is 271. The maximum absolute atomic E-state index is 5.46. The summed E-state index contributed by atoms with van der Waals surface area (Å²) in [6.07, 6.45) is 2.20. The molecule has 0 aromatic carbocycles. The molecule has 0 aliphatic heterocycles. The van der Waals surface area contributed by atoms with Crippen LogP contribution in [-0.2, 0) is 0 Å². The Morgan fingerprint density at radius 2 is 2.27 bits per heavy atom. The maximum atomic E-state index is 5.46. The average molecular weight is 211 g/mol. The minimum absolute atomic E-state index is 0.569. The van der Waals surface area contributed by atoms with Crippen molar-refractivity contribution in [2.45, 2.75) is 39.7 Å². The van der Waals surface area contributed by atoms with E-state index in [0.29, 0.717) is 11.9 Å². The van der Waals surface area contributed by atoms with E-state index in [1.54, 1.807) is 0 Å². The molecule has 0 saturated heterocycles. The van der Waals surface area contributed by atoms with Crippen LogP contribution in [0.5, 0.6) is 5.88 Å². The van der Waals surface area contributed by atoms with Crippen molar-refractivity contribution >= 4 is 0 Å². The van der Waals surface area contributed by atoms with Crippen LogP contribution in [0.15, 0.2) is 6.07 Å². The number of unbranched alkanes of at least 4 members (excludes halogenated alkanes) is 1. The third kappa shape index (κ3) is 5.42. The Morgan fingerprint density at radius 1 is 1.47 bits per heavy atom. The van der Waals surface area contributed by atoms with Gasteiger partial charge in [-0.15, -0.1) is 5.10 Å². The first-order valence-corrected chi connectivity index (χ1v) is 5.56. The summed E-state index contributed by atoms with van der Waals surface area (Å²) < 4.78 is 5.46. The van der Waals surface area contributed by atoms with Crippen LogP contribution in [0, 0.1) is 6.92 Å². The lowest BCUT2D eigenvalue weighted by molar-refractivity contribution is 0.293. The van der Waals surface area contributed by atoms with E-state index in [2.05, 4.69) is 29.4 Å². The Morgan fingerprint density at radius 3 is 2.87 bits per heavy atom. The highest BCUT2D eigenvalue weighted by atomic mass is 16.5. The molecule has 0 fully saturated rings. The van der Waals surface area contributed by atoms with E-state index < -0.39 is 0 Å². The molecule has 0 aliphatic carbocycles. The summed E-state index contributed by atoms with van der Waals surface area (Å²) in [4.78, 5) is 0. The topological polar surface area (TPSA) is 49.9 Å². The zero-order valence-corrected chi connectivity index (χ0v) is 9.84. The van der Waals surface area contributed by atoms with E-state index >= 15 is 0 Å². The molecule has 0 saturated carbocycles. The highest BCUT2D eigenvalue weighted by molar-refractivity contribution is 5.11. The minimum Gasteiger partial charge on any atom is -0.477 e. The van der Waals surface area contributed by atoms with Crippen LogP contribution in [0.25, 0.3) is 0 Å². The van der Waals surface area contributed by atoms with E-state index in [1.807, 2.05) is 13.0 Å². The molecule has 4 nitrogen and oxygen atoms in total. The van der Waals surface area contributed by atoms with E-state index in [0.717, 1.165) is 31.7 Å². The monoisotopic (exact) mass is 211 g/mol. The third-order valence-electron chi connectivity index (χ3n) is 2.06. The van der Waals surface area contributed by atoms with Gasteiger partial charge in [0.05, 0.1) is 6.61 Å². The molecule has 0 unspecified atom stereocenters. The van der Waals surface area contributed by atoms with Gasteiger partial charge < -0.3 is 10.1 Å². The largest absolute Gasteiger partial charge is 0.477 e. The lowest BCUT2D eigenvalue weighted by Crippen LogP contribution is -2.23. The van der Waals surface area contributed by atoms with Crippen LogP contribution in [0.4, 0.5) is 0 Å². The quantitative estimate of drug-likeness (QED) is 0.677. The molecule has 4 heteroatoms. The second-order valence-corrected chi connectivity index (χ2v) is 4.05. The van der Waals surface area contributed by atoms with Crippen LogP contribution in [0.1, 0.15) is 32.4 Å². The summed E-state index contributed by atoms with van der Waals surface area (Å²) >= 11 is 0. The molecule has 0 radical (unpaired) electrons. The van der Waals surface area contributed by atoms with E-state index in [9.17, 15) is 0 Å². The summed E-state index contributed by atoms with van der Waals surface area (Å²) in [5, 5.41) is 10.2. The molecular weight excluding hydrogens is 190 g/mol. The molecule has 1 aromatic rings. The number of hydrogen-bond acceptors (Lipinski definition) is 3. The molecule has 15 heavy (non-hydrogen) atoms. The second-order valence-electron chi connectivity index (χ2n) is 4.05. The van der Waals surface area contributed by atoms with Gasteiger partial charge in [-0.05, 0) is 26.3 Å². The van der Waals surface area contributed by atoms with Crippen molar-refractivity contribution in [2.24, 2.45) is 0 Å². The van der Waals surface area contributed by atoms with Crippen LogP contribution >= 0.6 is 0 Å². The zero-order valence-electron chi connectivity index (χ0n) is 9.84. The van der Waals surface area contributed by atoms with Crippen molar-refractivity contribution < 1.29 is 4.74 Å². The Balaban J connectivity index is 1.98. The molecule has 2 N–H and O–H groups in total. The number of aromatic amines is 1. The predicted octanol–water partition coefficient (Wildman–Crippen LogP) is 1.88. The Labute approximate surface area is 91.4 Å². The van der Waals surface area contributed by atoms with Gasteiger partial charge >= 0.3 is 0 Å². The molecule has 1 aromatic heterocycles. The van der Waals surface area contributed by atoms with Gasteiger partial charge in [0.15, 0.2) is 0 Å². The van der Waals surface area contributed by atoms with E-state index in [1.165, 1.54) is 0 Å². The highest BCUT2D eigenvalue weighted by Crippen LogP contribution is 2.07. The number of ether oxygens (including phenoxy) is 1. The first-order chi connectivity index (χ1) is 7.18. The zero-order chi connectivity index (χ0) is 11.1. The first-order valence-electron chi connectivity index (χ1n) is 5.56. The number of nitrogens with one attached hydrogen (secondary N) is 2. The molecule has 0 spiro atoms. The third-order valence-corrected chi connectivity index (χ3v) is 2.06. The summed E-state index contributed by atoms with van der Waals surface area (Å²) in [5.41, 5.74) is 1.03. The van der Waals surface area contributed by atoms with Gasteiger partial charge in [-0.3, -0.25) is 5.10 Å². The van der Waals surface area contributed by atoms with Crippen LogP contribution in [0.3, 0.4) is 0 Å². The van der Waals surface area contributed by atoms with Crippen LogP contribution in [-0.4, -0.2) is 29.4 Å². The Hall–Kier alpha value is -1.03. The summed E-state index contributed by atoms with van der Waals surface area (Å²) in [6.45, 7) is 8.07. The fourth-order valence-corrected chi connectivity index (χ4v) is 1.26. The molecular formula is C11H21N3O. The first kappa shape index (κ1) is 12.0. The number of aryl methyl sites for hydroxylation is 1. The van der Waals surface area contributed by atoms with Crippen molar-refractivity contribution in [1.29, 1.82) is 0 Å². The van der Waals surface area contributed by atoms with Gasteiger partial charge in [0, 0.05) is 17.8 Å². The molecule has 0 atom stereocenters. The SMILES string of the molecule is Cc1cc(OCCCCNC(C)C)n[nH]1. The van der Waals surface area contributed by atoms with E-state index in [4.69, 9.17) is 4.74 Å².